The third-order valence-corrected chi connectivity index (χ3v) is 5.17. The van der Waals surface area contributed by atoms with Gasteiger partial charge in [-0.2, -0.15) is 5.10 Å². The highest BCUT2D eigenvalue weighted by Crippen LogP contribution is 2.22. The van der Waals surface area contributed by atoms with Gasteiger partial charge in [0.05, 0.1) is 6.42 Å². The first kappa shape index (κ1) is 20.0. The second-order valence-electron chi connectivity index (χ2n) is 7.23. The van der Waals surface area contributed by atoms with E-state index in [1.54, 1.807) is 4.90 Å². The molecule has 0 fully saturated rings. The van der Waals surface area contributed by atoms with Crippen molar-refractivity contribution in [2.45, 2.75) is 39.7 Å². The molecule has 0 saturated heterocycles. The number of amides is 2. The first-order chi connectivity index (χ1) is 13.4. The number of carbonyl (C=O) groups is 2. The molecule has 2 aromatic rings. The molecular formula is C20H24F2N4O2. The van der Waals surface area contributed by atoms with Crippen LogP contribution >= 0.6 is 0 Å². The number of halogens is 2. The fourth-order valence-electron chi connectivity index (χ4n) is 3.13. The lowest BCUT2D eigenvalue weighted by Crippen LogP contribution is -2.38. The van der Waals surface area contributed by atoms with Gasteiger partial charge in [0, 0.05) is 43.4 Å². The summed E-state index contributed by atoms with van der Waals surface area (Å²) < 4.78 is 26.9. The summed E-state index contributed by atoms with van der Waals surface area (Å²) in [5.41, 5.74) is 1.98. The minimum absolute atomic E-state index is 0.149. The zero-order valence-corrected chi connectivity index (χ0v) is 16.0. The Morgan fingerprint density at radius 2 is 2.14 bits per heavy atom. The summed E-state index contributed by atoms with van der Waals surface area (Å²) in [6.07, 6.45) is 1.34. The molecule has 150 valence electrons. The topological polar surface area (TPSA) is 78.1 Å². The molecule has 8 heteroatoms. The predicted molar refractivity (Wildman–Crippen MR) is 99.6 cm³/mol. The van der Waals surface area contributed by atoms with E-state index in [1.807, 2.05) is 0 Å². The summed E-state index contributed by atoms with van der Waals surface area (Å²) in [5, 5.41) is 9.88. The van der Waals surface area contributed by atoms with Crippen LogP contribution in [0.5, 0.6) is 0 Å². The van der Waals surface area contributed by atoms with Gasteiger partial charge >= 0.3 is 0 Å². The number of hydrogen-bond donors (Lipinski definition) is 2. The Hall–Kier alpha value is -2.77. The maximum atomic E-state index is 13.8. The summed E-state index contributed by atoms with van der Waals surface area (Å²) in [4.78, 5) is 26.6. The van der Waals surface area contributed by atoms with Crippen LogP contribution < -0.4 is 5.32 Å². The van der Waals surface area contributed by atoms with Gasteiger partial charge in [-0.15, -0.1) is 0 Å². The van der Waals surface area contributed by atoms with Gasteiger partial charge in [0.25, 0.3) is 5.91 Å². The van der Waals surface area contributed by atoms with Crippen molar-refractivity contribution in [2.24, 2.45) is 5.92 Å². The maximum Gasteiger partial charge on any atom is 0.272 e. The molecule has 2 heterocycles. The Labute approximate surface area is 162 Å². The van der Waals surface area contributed by atoms with Crippen molar-refractivity contribution in [3.63, 3.8) is 0 Å². The van der Waals surface area contributed by atoms with Gasteiger partial charge in [-0.25, -0.2) is 8.78 Å². The Morgan fingerprint density at radius 3 is 2.86 bits per heavy atom. The van der Waals surface area contributed by atoms with Crippen LogP contribution in [0.1, 0.15) is 47.6 Å². The summed E-state index contributed by atoms with van der Waals surface area (Å²) in [6.45, 7) is 5.35. The van der Waals surface area contributed by atoms with E-state index in [2.05, 4.69) is 29.4 Å². The van der Waals surface area contributed by atoms with Gasteiger partial charge < -0.3 is 10.2 Å². The number of nitrogens with one attached hydrogen (secondary N) is 2. The molecule has 0 spiro atoms. The van der Waals surface area contributed by atoms with Gasteiger partial charge in [-0.3, -0.25) is 14.7 Å². The monoisotopic (exact) mass is 390 g/mol. The normalized spacial score (nSPS) is 14.5. The van der Waals surface area contributed by atoms with E-state index in [0.29, 0.717) is 36.7 Å². The van der Waals surface area contributed by atoms with Crippen molar-refractivity contribution in [3.05, 3.63) is 52.3 Å². The zero-order valence-electron chi connectivity index (χ0n) is 16.0. The van der Waals surface area contributed by atoms with Crippen molar-refractivity contribution in [1.82, 2.24) is 20.4 Å². The third-order valence-electron chi connectivity index (χ3n) is 5.17. The largest absolute Gasteiger partial charge is 0.350 e. The van der Waals surface area contributed by atoms with Crippen molar-refractivity contribution in [2.75, 3.05) is 13.1 Å². The van der Waals surface area contributed by atoms with Crippen molar-refractivity contribution in [3.8, 4) is 0 Å². The minimum Gasteiger partial charge on any atom is -0.350 e. The predicted octanol–water partition coefficient (Wildman–Crippen LogP) is 2.59. The second kappa shape index (κ2) is 8.50. The smallest absolute Gasteiger partial charge is 0.272 e. The first-order valence-corrected chi connectivity index (χ1v) is 9.45. The van der Waals surface area contributed by atoms with Crippen LogP contribution in [0.2, 0.25) is 0 Å². The summed E-state index contributed by atoms with van der Waals surface area (Å²) in [5.74, 6) is -1.59. The van der Waals surface area contributed by atoms with Crippen LogP contribution in [0.3, 0.4) is 0 Å². The van der Waals surface area contributed by atoms with E-state index in [9.17, 15) is 18.4 Å². The van der Waals surface area contributed by atoms with E-state index < -0.39 is 11.6 Å². The van der Waals surface area contributed by atoms with Crippen molar-refractivity contribution < 1.29 is 18.4 Å². The third kappa shape index (κ3) is 4.37. The fourth-order valence-corrected chi connectivity index (χ4v) is 3.13. The van der Waals surface area contributed by atoms with Gasteiger partial charge in [0.1, 0.15) is 11.6 Å². The number of aromatic nitrogens is 2. The second-order valence-corrected chi connectivity index (χ2v) is 7.23. The lowest BCUT2D eigenvalue weighted by Gasteiger charge is -2.27. The maximum absolute atomic E-state index is 13.8. The molecule has 2 N–H and O–H groups in total. The van der Waals surface area contributed by atoms with E-state index in [0.717, 1.165) is 24.2 Å². The SMILES string of the molecule is CC[C@@H](C)CNC(=O)c1n[nH]c2c1CN(C(=O)Cc1ccc(F)cc1F)CC2. The number of nitrogens with zero attached hydrogens (tertiary/aromatic N) is 2. The summed E-state index contributed by atoms with van der Waals surface area (Å²) in [7, 11) is 0. The number of hydrogen-bond acceptors (Lipinski definition) is 3. The Bertz CT molecular complexity index is 881. The Morgan fingerprint density at radius 1 is 1.36 bits per heavy atom. The molecule has 1 aromatic carbocycles. The zero-order chi connectivity index (χ0) is 20.3. The van der Waals surface area contributed by atoms with E-state index in [1.165, 1.54) is 6.07 Å². The molecule has 1 atom stereocenters. The van der Waals surface area contributed by atoms with Crippen LogP contribution in [-0.4, -0.2) is 40.0 Å². The number of fused-ring (bicyclic) bond motifs is 1. The van der Waals surface area contributed by atoms with Crippen LogP contribution in [0, 0.1) is 17.6 Å². The van der Waals surface area contributed by atoms with Gasteiger partial charge in [-0.05, 0) is 17.5 Å². The van der Waals surface area contributed by atoms with Crippen molar-refractivity contribution in [1.29, 1.82) is 0 Å². The Balaban J connectivity index is 1.68. The number of rotatable bonds is 6. The number of benzene rings is 1. The standard InChI is InChI=1S/C20H24F2N4O2/c1-3-12(2)10-23-20(28)19-15-11-26(7-6-17(15)24-25-19)18(27)8-13-4-5-14(21)9-16(13)22/h4-5,9,12H,3,6-8,10-11H2,1-2H3,(H,23,28)(H,24,25)/t12-/m1/s1. The number of aromatic amines is 1. The van der Waals surface area contributed by atoms with E-state index in [4.69, 9.17) is 0 Å². The molecule has 3 rings (SSSR count). The first-order valence-electron chi connectivity index (χ1n) is 9.45. The molecule has 0 radical (unpaired) electrons. The summed E-state index contributed by atoms with van der Waals surface area (Å²) >= 11 is 0. The average Bonchev–Trinajstić information content (AvgIpc) is 3.11. The fraction of sp³-hybridized carbons (Fsp3) is 0.450. The number of H-pyrrole nitrogens is 1. The van der Waals surface area contributed by atoms with Gasteiger partial charge in [-0.1, -0.05) is 26.3 Å². The molecule has 0 bridgehead atoms. The highest BCUT2D eigenvalue weighted by Gasteiger charge is 2.28. The molecule has 1 aliphatic heterocycles. The molecule has 0 unspecified atom stereocenters. The minimum atomic E-state index is -0.737. The number of carbonyl (C=O) groups excluding carboxylic acids is 2. The molecule has 6 nitrogen and oxygen atoms in total. The van der Waals surface area contributed by atoms with Crippen LogP contribution in [0.4, 0.5) is 8.78 Å². The molecule has 0 aliphatic carbocycles. The lowest BCUT2D eigenvalue weighted by atomic mass is 10.0. The van der Waals surface area contributed by atoms with E-state index >= 15 is 0 Å². The molecule has 28 heavy (non-hydrogen) atoms. The van der Waals surface area contributed by atoms with Crippen molar-refractivity contribution >= 4 is 11.8 Å². The molecule has 1 aliphatic rings. The van der Waals surface area contributed by atoms with Crippen LogP contribution in [0.15, 0.2) is 18.2 Å². The van der Waals surface area contributed by atoms with Gasteiger partial charge in [0.2, 0.25) is 5.91 Å². The molecule has 1 aromatic heterocycles. The van der Waals surface area contributed by atoms with E-state index in [-0.39, 0.29) is 30.3 Å². The molecular weight excluding hydrogens is 366 g/mol. The quantitative estimate of drug-likeness (QED) is 0.796. The van der Waals surface area contributed by atoms with Crippen LogP contribution in [-0.2, 0) is 24.2 Å². The highest BCUT2D eigenvalue weighted by atomic mass is 19.1. The lowest BCUT2D eigenvalue weighted by molar-refractivity contribution is -0.131. The molecule has 2 amide bonds. The highest BCUT2D eigenvalue weighted by molar-refractivity contribution is 5.94. The Kier molecular flexibility index (Phi) is 6.06. The molecule has 0 saturated carbocycles. The average molecular weight is 390 g/mol. The summed E-state index contributed by atoms with van der Waals surface area (Å²) in [6, 6.07) is 3.19. The van der Waals surface area contributed by atoms with Crippen LogP contribution in [0.25, 0.3) is 0 Å². The van der Waals surface area contributed by atoms with Gasteiger partial charge in [0.15, 0.2) is 5.69 Å².